The zero-order valence-electron chi connectivity index (χ0n) is 15.8. The van der Waals surface area contributed by atoms with Gasteiger partial charge in [0.05, 0.1) is 33.1 Å². The maximum absolute atomic E-state index is 13.4. The normalized spacial score (nSPS) is 17.2. The summed E-state index contributed by atoms with van der Waals surface area (Å²) in [6, 6.07) is 11.4. The number of benzene rings is 2. The van der Waals surface area contributed by atoms with Crippen molar-refractivity contribution in [2.75, 3.05) is 32.0 Å². The van der Waals surface area contributed by atoms with E-state index in [-0.39, 0.29) is 17.2 Å². The zero-order chi connectivity index (χ0) is 20.3. The minimum absolute atomic E-state index is 0.169. The molecule has 3 rings (SSSR count). The van der Waals surface area contributed by atoms with Gasteiger partial charge in [-0.1, -0.05) is 18.2 Å². The third kappa shape index (κ3) is 3.82. The minimum Gasteiger partial charge on any atom is -0.493 e. The molecule has 0 saturated carbocycles. The number of ether oxygens (including phenoxy) is 3. The number of rotatable bonds is 6. The predicted octanol–water partition coefficient (Wildman–Crippen LogP) is 2.67. The number of amides is 1. The van der Waals surface area contributed by atoms with Crippen molar-refractivity contribution in [1.82, 2.24) is 0 Å². The topological polar surface area (TPSA) is 82.1 Å². The van der Waals surface area contributed by atoms with Crippen LogP contribution in [0.3, 0.4) is 0 Å². The van der Waals surface area contributed by atoms with E-state index in [1.807, 2.05) is 6.07 Å². The van der Waals surface area contributed by atoms with Crippen LogP contribution < -0.4 is 19.1 Å². The van der Waals surface area contributed by atoms with E-state index >= 15 is 0 Å². The Morgan fingerprint density at radius 1 is 1.00 bits per heavy atom. The highest BCUT2D eigenvalue weighted by molar-refractivity contribution is 7.94. The summed E-state index contributed by atoms with van der Waals surface area (Å²) in [6.07, 6.45) is 1.53. The van der Waals surface area contributed by atoms with Crippen molar-refractivity contribution < 1.29 is 27.4 Å². The second kappa shape index (κ2) is 7.93. The molecule has 2 aromatic carbocycles. The van der Waals surface area contributed by atoms with Crippen LogP contribution in [0.1, 0.15) is 10.4 Å². The molecule has 0 spiro atoms. The van der Waals surface area contributed by atoms with E-state index in [2.05, 4.69) is 0 Å². The van der Waals surface area contributed by atoms with Crippen LogP contribution in [0.5, 0.6) is 17.2 Å². The molecule has 2 aromatic rings. The second-order valence-electron chi connectivity index (χ2n) is 6.15. The van der Waals surface area contributed by atoms with E-state index in [4.69, 9.17) is 14.2 Å². The van der Waals surface area contributed by atoms with Gasteiger partial charge in [-0.3, -0.25) is 4.79 Å². The molecule has 1 aliphatic rings. The maximum atomic E-state index is 13.4. The summed E-state index contributed by atoms with van der Waals surface area (Å²) in [5.74, 6) is 0.506. The zero-order valence-corrected chi connectivity index (χ0v) is 16.6. The first-order valence-corrected chi connectivity index (χ1v) is 10.2. The van der Waals surface area contributed by atoms with Crippen molar-refractivity contribution in [1.29, 1.82) is 0 Å². The molecule has 0 fully saturated rings. The molecule has 0 N–H and O–H groups in total. The summed E-state index contributed by atoms with van der Waals surface area (Å²) in [5, 5.41) is 1.15. The Balaban J connectivity index is 2.09. The number of nitrogens with zero attached hydrogens (tertiary/aromatic N) is 1. The molecule has 1 aliphatic heterocycles. The van der Waals surface area contributed by atoms with Crippen molar-refractivity contribution in [3.8, 4) is 17.2 Å². The Bertz CT molecular complexity index is 976. The van der Waals surface area contributed by atoms with Gasteiger partial charge in [0.1, 0.15) is 0 Å². The van der Waals surface area contributed by atoms with Crippen LogP contribution in [0.25, 0.3) is 0 Å². The molecular weight excluding hydrogens is 382 g/mol. The fraction of sp³-hybridized carbons (Fsp3) is 0.250. The lowest BCUT2D eigenvalue weighted by Crippen LogP contribution is -2.41. The molecule has 1 amide bonds. The van der Waals surface area contributed by atoms with E-state index in [0.717, 1.165) is 5.41 Å². The predicted molar refractivity (Wildman–Crippen MR) is 106 cm³/mol. The number of carbonyl (C=O) groups excluding carboxylic acids is 1. The van der Waals surface area contributed by atoms with E-state index < -0.39 is 15.9 Å². The van der Waals surface area contributed by atoms with Crippen molar-refractivity contribution in [3.05, 3.63) is 59.5 Å². The van der Waals surface area contributed by atoms with Gasteiger partial charge in [0.25, 0.3) is 5.91 Å². The summed E-state index contributed by atoms with van der Waals surface area (Å²) in [7, 11) is 1.06. The first-order valence-electron chi connectivity index (χ1n) is 8.49. The summed E-state index contributed by atoms with van der Waals surface area (Å²) in [4.78, 5) is 14.9. The molecule has 0 bridgehead atoms. The molecule has 1 unspecified atom stereocenters. The smallest absolute Gasteiger partial charge is 0.259 e. The molecule has 1 atom stereocenters. The lowest BCUT2D eigenvalue weighted by Gasteiger charge is -2.28. The SMILES string of the molecule is COc1cc(C(=O)N(c2ccccc2)C2C=CS(=O)(=O)C2)cc(OC)c1OC. The van der Waals surface area contributed by atoms with Crippen LogP contribution in [0.15, 0.2) is 53.9 Å². The van der Waals surface area contributed by atoms with Crippen LogP contribution in [0.4, 0.5) is 5.69 Å². The summed E-state index contributed by atoms with van der Waals surface area (Å²) in [5.41, 5.74) is 0.879. The largest absolute Gasteiger partial charge is 0.493 e. The first-order chi connectivity index (χ1) is 13.4. The molecule has 0 aromatic heterocycles. The Kier molecular flexibility index (Phi) is 5.60. The highest BCUT2D eigenvalue weighted by Crippen LogP contribution is 2.39. The molecular formula is C20H21NO6S. The van der Waals surface area contributed by atoms with Crippen molar-refractivity contribution in [3.63, 3.8) is 0 Å². The molecule has 1 heterocycles. The van der Waals surface area contributed by atoms with Crippen LogP contribution in [-0.4, -0.2) is 47.4 Å². The maximum Gasteiger partial charge on any atom is 0.259 e. The first kappa shape index (κ1) is 19.8. The van der Waals surface area contributed by atoms with Gasteiger partial charge in [-0.2, -0.15) is 0 Å². The number of methoxy groups -OCH3 is 3. The van der Waals surface area contributed by atoms with Gasteiger partial charge in [-0.15, -0.1) is 0 Å². The Morgan fingerprint density at radius 2 is 1.61 bits per heavy atom. The molecule has 0 saturated heterocycles. The second-order valence-corrected chi connectivity index (χ2v) is 8.08. The summed E-state index contributed by atoms with van der Waals surface area (Å²) < 4.78 is 39.8. The van der Waals surface area contributed by atoms with Crippen molar-refractivity contribution in [2.45, 2.75) is 6.04 Å². The van der Waals surface area contributed by atoms with Crippen LogP contribution in [-0.2, 0) is 9.84 Å². The molecule has 28 heavy (non-hydrogen) atoms. The quantitative estimate of drug-likeness (QED) is 0.738. The summed E-state index contributed by atoms with van der Waals surface area (Å²) >= 11 is 0. The van der Waals surface area contributed by atoms with Gasteiger partial charge in [-0.05, 0) is 30.3 Å². The van der Waals surface area contributed by atoms with Gasteiger partial charge in [0, 0.05) is 16.7 Å². The Labute approximate surface area is 164 Å². The minimum atomic E-state index is -3.34. The Hall–Kier alpha value is -3.00. The van der Waals surface area contributed by atoms with E-state index in [1.54, 1.807) is 36.4 Å². The summed E-state index contributed by atoms with van der Waals surface area (Å²) in [6.45, 7) is 0. The highest BCUT2D eigenvalue weighted by Gasteiger charge is 2.32. The standard InChI is InChI=1S/C20H21NO6S/c1-25-17-11-14(12-18(26-2)19(17)27-3)20(22)21(15-7-5-4-6-8-15)16-9-10-28(23,24)13-16/h4-12,16H,13H2,1-3H3. The van der Waals surface area contributed by atoms with Gasteiger partial charge in [0.2, 0.25) is 5.75 Å². The fourth-order valence-corrected chi connectivity index (χ4v) is 4.38. The lowest BCUT2D eigenvalue weighted by molar-refractivity contribution is 0.0982. The molecule has 148 valence electrons. The van der Waals surface area contributed by atoms with Gasteiger partial charge in [0.15, 0.2) is 21.3 Å². The number of para-hydroxylation sites is 1. The van der Waals surface area contributed by atoms with Gasteiger partial charge in [-0.25, -0.2) is 8.42 Å². The van der Waals surface area contributed by atoms with E-state index in [1.165, 1.54) is 32.3 Å². The number of carbonyl (C=O) groups is 1. The number of anilines is 1. The van der Waals surface area contributed by atoms with Crippen molar-refractivity contribution in [2.24, 2.45) is 0 Å². The monoisotopic (exact) mass is 403 g/mol. The number of hydrogen-bond donors (Lipinski definition) is 0. The van der Waals surface area contributed by atoms with Gasteiger partial charge >= 0.3 is 0 Å². The van der Waals surface area contributed by atoms with Crippen LogP contribution >= 0.6 is 0 Å². The number of hydrogen-bond acceptors (Lipinski definition) is 6. The van der Waals surface area contributed by atoms with Crippen molar-refractivity contribution >= 4 is 21.4 Å². The average Bonchev–Trinajstić information content (AvgIpc) is 3.06. The molecule has 0 aliphatic carbocycles. The van der Waals surface area contributed by atoms with E-state index in [0.29, 0.717) is 22.9 Å². The third-order valence-electron chi connectivity index (χ3n) is 4.41. The third-order valence-corrected chi connectivity index (χ3v) is 5.79. The van der Waals surface area contributed by atoms with Gasteiger partial charge < -0.3 is 19.1 Å². The molecule has 0 radical (unpaired) electrons. The average molecular weight is 403 g/mol. The highest BCUT2D eigenvalue weighted by atomic mass is 32.2. The Morgan fingerprint density at radius 3 is 2.07 bits per heavy atom. The number of sulfone groups is 1. The fourth-order valence-electron chi connectivity index (χ4n) is 3.11. The molecule has 7 nitrogen and oxygen atoms in total. The molecule has 8 heteroatoms. The lowest BCUT2D eigenvalue weighted by atomic mass is 10.1. The van der Waals surface area contributed by atoms with Crippen LogP contribution in [0.2, 0.25) is 0 Å². The van der Waals surface area contributed by atoms with Crippen LogP contribution in [0, 0.1) is 0 Å². The van der Waals surface area contributed by atoms with E-state index in [9.17, 15) is 13.2 Å².